The van der Waals surface area contributed by atoms with E-state index in [9.17, 15) is 8.42 Å². The van der Waals surface area contributed by atoms with Gasteiger partial charge in [0.2, 0.25) is 10.0 Å². The van der Waals surface area contributed by atoms with Crippen LogP contribution in [-0.4, -0.2) is 18.6 Å². The lowest BCUT2D eigenvalue weighted by molar-refractivity contribution is 0.459. The Morgan fingerprint density at radius 3 is 2.81 bits per heavy atom. The maximum absolute atomic E-state index is 11.7. The molecule has 0 bridgehead atoms. The monoisotopic (exact) mass is 432 g/mol. The summed E-state index contributed by atoms with van der Waals surface area (Å²) in [6.45, 7) is 0.747. The highest BCUT2D eigenvalue weighted by atomic mass is 32.2. The Balaban J connectivity index is 1.43. The van der Waals surface area contributed by atoms with E-state index in [1.807, 2.05) is 12.1 Å². The molecule has 0 saturated carbocycles. The molecule has 4 N–H and O–H groups in total. The number of primary sulfonamides is 1. The molecule has 0 fully saturated rings. The Morgan fingerprint density at radius 1 is 1.06 bits per heavy atom. The molecule has 1 aliphatic carbocycles. The fourth-order valence-electron chi connectivity index (χ4n) is 4.42. The summed E-state index contributed by atoms with van der Waals surface area (Å²) in [6.07, 6.45) is 3.48. The highest BCUT2D eigenvalue weighted by molar-refractivity contribution is 7.89. The third kappa shape index (κ3) is 3.99. The van der Waals surface area contributed by atoms with Crippen molar-refractivity contribution in [2.24, 2.45) is 5.14 Å². The van der Waals surface area contributed by atoms with Gasteiger partial charge in [-0.2, -0.15) is 5.10 Å². The van der Waals surface area contributed by atoms with E-state index in [1.54, 1.807) is 12.1 Å². The molecule has 0 saturated heterocycles. The molecule has 1 heterocycles. The molecular formula is C24H24N4O2S. The van der Waals surface area contributed by atoms with Gasteiger partial charge in [-0.25, -0.2) is 13.6 Å². The number of sulfonamides is 1. The average molecular weight is 433 g/mol. The predicted octanol–water partition coefficient (Wildman–Crippen LogP) is 4.04. The number of aromatic amines is 1. The van der Waals surface area contributed by atoms with Crippen LogP contribution in [0, 0.1) is 0 Å². The Labute approximate surface area is 181 Å². The first-order chi connectivity index (χ1) is 15.0. The second-order valence-electron chi connectivity index (χ2n) is 8.05. The van der Waals surface area contributed by atoms with E-state index in [2.05, 4.69) is 51.9 Å². The van der Waals surface area contributed by atoms with Gasteiger partial charge in [-0.3, -0.25) is 5.10 Å². The molecule has 5 rings (SSSR count). The van der Waals surface area contributed by atoms with Crippen molar-refractivity contribution in [3.63, 3.8) is 0 Å². The molecule has 0 spiro atoms. The van der Waals surface area contributed by atoms with Gasteiger partial charge in [0.15, 0.2) is 0 Å². The average Bonchev–Trinajstić information content (AvgIpc) is 3.20. The molecule has 158 valence electrons. The number of nitrogens with zero attached hydrogens (tertiary/aromatic N) is 1. The largest absolute Gasteiger partial charge is 0.306 e. The zero-order valence-corrected chi connectivity index (χ0v) is 17.8. The van der Waals surface area contributed by atoms with E-state index in [-0.39, 0.29) is 4.90 Å². The summed E-state index contributed by atoms with van der Waals surface area (Å²) in [6, 6.07) is 21.8. The summed E-state index contributed by atoms with van der Waals surface area (Å²) in [5.74, 6) is 0. The second kappa shape index (κ2) is 7.92. The minimum atomic E-state index is -3.77. The normalized spacial score (nSPS) is 16.4. The van der Waals surface area contributed by atoms with Gasteiger partial charge in [-0.15, -0.1) is 0 Å². The van der Waals surface area contributed by atoms with Crippen LogP contribution in [0.4, 0.5) is 0 Å². The van der Waals surface area contributed by atoms with Crippen molar-refractivity contribution in [2.75, 3.05) is 0 Å². The summed E-state index contributed by atoms with van der Waals surface area (Å²) in [4.78, 5) is 0.0786. The van der Waals surface area contributed by atoms with Crippen LogP contribution in [0.3, 0.4) is 0 Å². The lowest BCUT2D eigenvalue weighted by atomic mass is 9.87. The molecule has 6 nitrogen and oxygen atoms in total. The second-order valence-corrected chi connectivity index (χ2v) is 9.61. The van der Waals surface area contributed by atoms with Crippen LogP contribution in [0.25, 0.3) is 22.2 Å². The third-order valence-corrected chi connectivity index (χ3v) is 6.90. The minimum Gasteiger partial charge on any atom is -0.306 e. The van der Waals surface area contributed by atoms with Gasteiger partial charge in [0.05, 0.1) is 16.1 Å². The maximum Gasteiger partial charge on any atom is 0.238 e. The number of hydrogen-bond donors (Lipinski definition) is 3. The molecule has 3 aromatic carbocycles. The number of hydrogen-bond acceptors (Lipinski definition) is 4. The SMILES string of the molecule is NS(=O)(=O)c1cccc(-c2n[nH]c3ccc(CNC4CCCc5ccccc54)cc23)c1. The lowest BCUT2D eigenvalue weighted by Gasteiger charge is -2.26. The number of fused-ring (bicyclic) bond motifs is 2. The van der Waals surface area contributed by atoms with Crippen molar-refractivity contribution in [3.8, 4) is 11.3 Å². The topological polar surface area (TPSA) is 101 Å². The third-order valence-electron chi connectivity index (χ3n) is 5.99. The van der Waals surface area contributed by atoms with Crippen LogP contribution in [0.2, 0.25) is 0 Å². The van der Waals surface area contributed by atoms with Crippen LogP contribution in [0.1, 0.15) is 35.6 Å². The number of aryl methyl sites for hydroxylation is 1. The van der Waals surface area contributed by atoms with Crippen molar-refractivity contribution in [3.05, 3.63) is 83.4 Å². The number of aromatic nitrogens is 2. The summed E-state index contributed by atoms with van der Waals surface area (Å²) >= 11 is 0. The highest BCUT2D eigenvalue weighted by Crippen LogP contribution is 2.31. The van der Waals surface area contributed by atoms with Gasteiger partial charge in [-0.1, -0.05) is 42.5 Å². The van der Waals surface area contributed by atoms with Crippen molar-refractivity contribution in [2.45, 2.75) is 36.7 Å². The van der Waals surface area contributed by atoms with E-state index in [4.69, 9.17) is 5.14 Å². The smallest absolute Gasteiger partial charge is 0.238 e. The fraction of sp³-hybridized carbons (Fsp3) is 0.208. The molecule has 1 aromatic heterocycles. The maximum atomic E-state index is 11.7. The number of H-pyrrole nitrogens is 1. The first kappa shape index (κ1) is 19.9. The van der Waals surface area contributed by atoms with Gasteiger partial charge in [0.25, 0.3) is 0 Å². The number of rotatable bonds is 5. The number of nitrogens with one attached hydrogen (secondary N) is 2. The van der Waals surface area contributed by atoms with Gasteiger partial charge < -0.3 is 5.32 Å². The van der Waals surface area contributed by atoms with Crippen molar-refractivity contribution < 1.29 is 8.42 Å². The van der Waals surface area contributed by atoms with Gasteiger partial charge in [-0.05, 0) is 60.2 Å². The Morgan fingerprint density at radius 2 is 1.94 bits per heavy atom. The van der Waals surface area contributed by atoms with Crippen LogP contribution in [0.15, 0.2) is 71.6 Å². The number of nitrogens with two attached hydrogens (primary N) is 1. The molecule has 0 aliphatic heterocycles. The van der Waals surface area contributed by atoms with Gasteiger partial charge >= 0.3 is 0 Å². The van der Waals surface area contributed by atoms with E-state index in [0.717, 1.165) is 35.9 Å². The van der Waals surface area contributed by atoms with E-state index in [0.29, 0.717) is 17.3 Å². The fourth-order valence-corrected chi connectivity index (χ4v) is 4.98. The predicted molar refractivity (Wildman–Crippen MR) is 122 cm³/mol. The Kier molecular flexibility index (Phi) is 5.09. The highest BCUT2D eigenvalue weighted by Gasteiger charge is 2.19. The van der Waals surface area contributed by atoms with Gasteiger partial charge in [0.1, 0.15) is 0 Å². The minimum absolute atomic E-state index is 0.0786. The molecule has 31 heavy (non-hydrogen) atoms. The van der Waals surface area contributed by atoms with E-state index < -0.39 is 10.0 Å². The zero-order valence-electron chi connectivity index (χ0n) is 17.0. The van der Waals surface area contributed by atoms with Gasteiger partial charge in [0, 0.05) is 23.5 Å². The van der Waals surface area contributed by atoms with E-state index >= 15 is 0 Å². The lowest BCUT2D eigenvalue weighted by Crippen LogP contribution is -2.24. The number of benzene rings is 3. The molecule has 4 aromatic rings. The molecule has 7 heteroatoms. The first-order valence-corrected chi connectivity index (χ1v) is 11.9. The standard InChI is InChI=1S/C24H24N4O2S/c25-31(29,30)19-8-3-7-18(14-19)24-21-13-16(11-12-23(21)27-28-24)15-26-22-10-4-6-17-5-1-2-9-20(17)22/h1-3,5,7-9,11-14,22,26H,4,6,10,15H2,(H,27,28)(H2,25,29,30). The first-order valence-electron chi connectivity index (χ1n) is 10.4. The van der Waals surface area contributed by atoms with Crippen molar-refractivity contribution >= 4 is 20.9 Å². The Hall–Kier alpha value is -3.00. The summed E-state index contributed by atoms with van der Waals surface area (Å²) in [7, 11) is -3.77. The van der Waals surface area contributed by atoms with E-state index in [1.165, 1.54) is 23.6 Å². The zero-order chi connectivity index (χ0) is 21.4. The summed E-state index contributed by atoms with van der Waals surface area (Å²) < 4.78 is 23.5. The molecule has 1 aliphatic rings. The van der Waals surface area contributed by atoms with Crippen molar-refractivity contribution in [1.29, 1.82) is 0 Å². The van der Waals surface area contributed by atoms with Crippen molar-refractivity contribution in [1.82, 2.24) is 15.5 Å². The molecular weight excluding hydrogens is 408 g/mol. The summed E-state index contributed by atoms with van der Waals surface area (Å²) in [5, 5.41) is 17.4. The molecule has 1 unspecified atom stereocenters. The van der Waals surface area contributed by atoms with Crippen LogP contribution >= 0.6 is 0 Å². The van der Waals surface area contributed by atoms with Crippen LogP contribution in [0.5, 0.6) is 0 Å². The van der Waals surface area contributed by atoms with Crippen LogP contribution < -0.4 is 10.5 Å². The van der Waals surface area contributed by atoms with Crippen LogP contribution in [-0.2, 0) is 23.0 Å². The Bertz CT molecular complexity index is 1360. The quantitative estimate of drug-likeness (QED) is 0.443. The molecule has 0 amide bonds. The molecule has 1 atom stereocenters. The summed E-state index contributed by atoms with van der Waals surface area (Å²) in [5.41, 5.74) is 6.32. The molecule has 0 radical (unpaired) electrons.